The zero-order valence-corrected chi connectivity index (χ0v) is 18.5. The van der Waals surface area contributed by atoms with E-state index in [2.05, 4.69) is 90.6 Å². The van der Waals surface area contributed by atoms with Crippen molar-refractivity contribution < 1.29 is 0 Å². The van der Waals surface area contributed by atoms with Crippen LogP contribution < -0.4 is 0 Å². The van der Waals surface area contributed by atoms with E-state index < -0.39 is 0 Å². The van der Waals surface area contributed by atoms with Crippen LogP contribution in [0.3, 0.4) is 0 Å². The molecule has 0 bridgehead atoms. The van der Waals surface area contributed by atoms with E-state index in [4.69, 9.17) is 5.10 Å². The molecule has 5 rings (SSSR count). The highest BCUT2D eigenvalue weighted by Gasteiger charge is 2.31. The first-order valence-electron chi connectivity index (χ1n) is 10.6. The minimum atomic E-state index is 0.265. The first kappa shape index (κ1) is 19.1. The van der Waals surface area contributed by atoms with Crippen LogP contribution in [0.15, 0.2) is 42.7 Å². The predicted octanol–water partition coefficient (Wildman–Crippen LogP) is 5.39. The van der Waals surface area contributed by atoms with Gasteiger partial charge in [-0.05, 0) is 42.5 Å². The second-order valence-electron chi connectivity index (χ2n) is 9.77. The van der Waals surface area contributed by atoms with Gasteiger partial charge in [0, 0.05) is 30.8 Å². The molecule has 154 valence electrons. The van der Waals surface area contributed by atoms with Crippen molar-refractivity contribution in [2.75, 3.05) is 6.54 Å². The van der Waals surface area contributed by atoms with Crippen LogP contribution in [-0.4, -0.2) is 31.2 Å². The first-order valence-corrected chi connectivity index (χ1v) is 10.6. The van der Waals surface area contributed by atoms with Crippen LogP contribution in [0.5, 0.6) is 0 Å². The molecule has 0 fully saturated rings. The van der Waals surface area contributed by atoms with E-state index >= 15 is 0 Å². The molecule has 30 heavy (non-hydrogen) atoms. The molecule has 2 aromatic carbocycles. The van der Waals surface area contributed by atoms with Crippen LogP contribution in [-0.2, 0) is 13.1 Å². The van der Waals surface area contributed by atoms with Gasteiger partial charge in [0.25, 0.3) is 0 Å². The van der Waals surface area contributed by atoms with Crippen LogP contribution in [0, 0.1) is 19.3 Å². The van der Waals surface area contributed by atoms with Crippen LogP contribution in [0.2, 0.25) is 0 Å². The van der Waals surface area contributed by atoms with E-state index in [1.165, 1.54) is 39.3 Å². The Morgan fingerprint density at radius 1 is 1.03 bits per heavy atom. The number of para-hydroxylation sites is 1. The summed E-state index contributed by atoms with van der Waals surface area (Å²) in [5.41, 5.74) is 10.9. The van der Waals surface area contributed by atoms with E-state index in [0.29, 0.717) is 0 Å². The van der Waals surface area contributed by atoms with Gasteiger partial charge in [-0.2, -0.15) is 5.10 Å². The zero-order chi connectivity index (χ0) is 21.0. The fraction of sp³-hybridized carbons (Fsp3) is 0.360. The minimum Gasteiger partial charge on any atom is -0.345 e. The number of imidazole rings is 1. The molecule has 0 unspecified atom stereocenters. The van der Waals surface area contributed by atoms with Crippen molar-refractivity contribution in [1.82, 2.24) is 24.6 Å². The SMILES string of the molecule is Cc1cccc(C)c1-n1nc2c(c1-c1ccc3nc[nH]c3c1)CN(CC(C)(C)C)C2. The molecule has 5 heteroatoms. The summed E-state index contributed by atoms with van der Waals surface area (Å²) in [5.74, 6) is 0. The summed E-state index contributed by atoms with van der Waals surface area (Å²) in [6, 6.07) is 12.9. The van der Waals surface area contributed by atoms with Gasteiger partial charge in [-0.25, -0.2) is 9.67 Å². The number of nitrogens with zero attached hydrogens (tertiary/aromatic N) is 4. The number of H-pyrrole nitrogens is 1. The third-order valence-corrected chi connectivity index (χ3v) is 5.86. The van der Waals surface area contributed by atoms with Crippen molar-refractivity contribution in [3.05, 3.63) is 65.1 Å². The molecular weight excluding hydrogens is 370 g/mol. The van der Waals surface area contributed by atoms with Gasteiger partial charge in [0.2, 0.25) is 0 Å². The van der Waals surface area contributed by atoms with E-state index in [-0.39, 0.29) is 5.41 Å². The van der Waals surface area contributed by atoms with Crippen molar-refractivity contribution in [3.8, 4) is 16.9 Å². The lowest BCUT2D eigenvalue weighted by molar-refractivity contribution is 0.191. The molecule has 3 heterocycles. The third kappa shape index (κ3) is 3.23. The number of aromatic amines is 1. The topological polar surface area (TPSA) is 49.7 Å². The Hall–Kier alpha value is -2.92. The summed E-state index contributed by atoms with van der Waals surface area (Å²) < 4.78 is 2.18. The first-order chi connectivity index (χ1) is 14.3. The molecule has 5 nitrogen and oxygen atoms in total. The van der Waals surface area contributed by atoms with Gasteiger partial charge < -0.3 is 4.98 Å². The molecule has 0 saturated heterocycles. The Kier molecular flexibility index (Phi) is 4.33. The smallest absolute Gasteiger partial charge is 0.0931 e. The average molecular weight is 400 g/mol. The molecule has 0 radical (unpaired) electrons. The normalized spacial score (nSPS) is 14.6. The molecule has 1 N–H and O–H groups in total. The summed E-state index contributed by atoms with van der Waals surface area (Å²) in [4.78, 5) is 10.2. The number of fused-ring (bicyclic) bond motifs is 2. The quantitative estimate of drug-likeness (QED) is 0.502. The number of aromatic nitrogens is 4. The van der Waals surface area contributed by atoms with Gasteiger partial charge in [0.05, 0.1) is 34.4 Å². The van der Waals surface area contributed by atoms with Crippen molar-refractivity contribution in [2.24, 2.45) is 5.41 Å². The molecular formula is C25H29N5. The molecule has 0 saturated carbocycles. The lowest BCUT2D eigenvalue weighted by Crippen LogP contribution is -2.28. The molecule has 0 amide bonds. The third-order valence-electron chi connectivity index (χ3n) is 5.86. The summed E-state index contributed by atoms with van der Waals surface area (Å²) in [7, 11) is 0. The highest BCUT2D eigenvalue weighted by atomic mass is 15.3. The maximum Gasteiger partial charge on any atom is 0.0931 e. The summed E-state index contributed by atoms with van der Waals surface area (Å²) in [6.45, 7) is 14.1. The van der Waals surface area contributed by atoms with Crippen LogP contribution in [0.1, 0.15) is 43.2 Å². The van der Waals surface area contributed by atoms with Crippen molar-refractivity contribution >= 4 is 11.0 Å². The number of aryl methyl sites for hydroxylation is 2. The Bertz CT molecular complexity index is 1220. The highest BCUT2D eigenvalue weighted by molar-refractivity contribution is 5.82. The van der Waals surface area contributed by atoms with Gasteiger partial charge in [0.1, 0.15) is 0 Å². The van der Waals surface area contributed by atoms with Gasteiger partial charge in [-0.3, -0.25) is 4.90 Å². The average Bonchev–Trinajstić information content (AvgIpc) is 3.33. The lowest BCUT2D eigenvalue weighted by Gasteiger charge is -2.26. The van der Waals surface area contributed by atoms with Gasteiger partial charge in [-0.1, -0.05) is 45.0 Å². The van der Waals surface area contributed by atoms with Gasteiger partial charge >= 0.3 is 0 Å². The summed E-state index contributed by atoms with van der Waals surface area (Å²) in [6.07, 6.45) is 1.76. The molecule has 4 aromatic rings. The predicted molar refractivity (Wildman–Crippen MR) is 122 cm³/mol. The van der Waals surface area contributed by atoms with E-state index in [1.807, 2.05) is 0 Å². The van der Waals surface area contributed by atoms with Crippen molar-refractivity contribution in [2.45, 2.75) is 47.7 Å². The number of hydrogen-bond acceptors (Lipinski definition) is 3. The van der Waals surface area contributed by atoms with Crippen LogP contribution in [0.25, 0.3) is 28.0 Å². The second kappa shape index (κ2) is 6.81. The number of benzene rings is 2. The molecule has 0 aliphatic carbocycles. The standard InChI is InChI=1S/C25H29N5/c1-16-7-6-8-17(2)23(16)30-24(18-9-10-20-21(11-18)27-15-26-20)19-12-29(13-22(19)28-30)14-25(3,4)5/h6-11,15H,12-14H2,1-5H3,(H,26,27). The second-order valence-corrected chi connectivity index (χ2v) is 9.77. The van der Waals surface area contributed by atoms with Gasteiger partial charge in [-0.15, -0.1) is 0 Å². The number of rotatable bonds is 3. The molecule has 0 atom stereocenters. The van der Waals surface area contributed by atoms with Crippen LogP contribution in [0.4, 0.5) is 0 Å². The fourth-order valence-corrected chi connectivity index (χ4v) is 4.74. The summed E-state index contributed by atoms with van der Waals surface area (Å²) >= 11 is 0. The molecule has 0 spiro atoms. The Balaban J connectivity index is 1.69. The van der Waals surface area contributed by atoms with Crippen molar-refractivity contribution in [1.29, 1.82) is 0 Å². The Morgan fingerprint density at radius 2 is 1.80 bits per heavy atom. The highest BCUT2D eigenvalue weighted by Crippen LogP contribution is 2.37. The maximum absolute atomic E-state index is 5.16. The zero-order valence-electron chi connectivity index (χ0n) is 18.5. The fourth-order valence-electron chi connectivity index (χ4n) is 4.74. The van der Waals surface area contributed by atoms with Crippen molar-refractivity contribution in [3.63, 3.8) is 0 Å². The largest absolute Gasteiger partial charge is 0.345 e. The van der Waals surface area contributed by atoms with Gasteiger partial charge in [0.15, 0.2) is 0 Å². The Morgan fingerprint density at radius 3 is 2.53 bits per heavy atom. The van der Waals surface area contributed by atoms with E-state index in [9.17, 15) is 0 Å². The number of hydrogen-bond donors (Lipinski definition) is 1. The molecule has 1 aliphatic rings. The Labute approximate surface area is 177 Å². The molecule has 2 aromatic heterocycles. The monoisotopic (exact) mass is 399 g/mol. The summed E-state index contributed by atoms with van der Waals surface area (Å²) in [5, 5.41) is 5.16. The minimum absolute atomic E-state index is 0.265. The van der Waals surface area contributed by atoms with E-state index in [1.54, 1.807) is 6.33 Å². The number of nitrogens with one attached hydrogen (secondary N) is 1. The van der Waals surface area contributed by atoms with E-state index in [0.717, 1.165) is 30.7 Å². The molecule has 1 aliphatic heterocycles. The maximum atomic E-state index is 5.16. The lowest BCUT2D eigenvalue weighted by atomic mass is 9.96. The van der Waals surface area contributed by atoms with Crippen LogP contribution >= 0.6 is 0 Å².